The van der Waals surface area contributed by atoms with Crippen LogP contribution in [0.1, 0.15) is 16.1 Å². The summed E-state index contributed by atoms with van der Waals surface area (Å²) in [6, 6.07) is 10.8. The molecule has 0 fully saturated rings. The smallest absolute Gasteiger partial charge is 0.269 e. The second-order valence-corrected chi connectivity index (χ2v) is 7.53. The Labute approximate surface area is 154 Å². The number of amides is 2. The number of carbonyl (C=O) groups excluding carboxylic acids is 2. The third-order valence-electron chi connectivity index (χ3n) is 3.05. The molecule has 1 aromatic carbocycles. The molecule has 2 heterocycles. The van der Waals surface area contributed by atoms with Crippen LogP contribution >= 0.6 is 38.6 Å². The quantitative estimate of drug-likeness (QED) is 0.631. The minimum atomic E-state index is -0.367. The lowest BCUT2D eigenvalue weighted by Gasteiger charge is -2.06. The first kappa shape index (κ1) is 16.8. The third kappa shape index (κ3) is 4.28. The molecule has 0 bridgehead atoms. The van der Waals surface area contributed by atoms with E-state index in [1.54, 1.807) is 35.6 Å². The van der Waals surface area contributed by atoms with E-state index in [0.717, 1.165) is 14.4 Å². The van der Waals surface area contributed by atoms with E-state index < -0.39 is 0 Å². The van der Waals surface area contributed by atoms with Crippen molar-refractivity contribution in [3.63, 3.8) is 0 Å². The Balaban J connectivity index is 1.52. The van der Waals surface area contributed by atoms with Gasteiger partial charge in [-0.1, -0.05) is 22.0 Å². The topological polar surface area (TPSA) is 71.1 Å². The number of carbonyl (C=O) groups is 2. The first-order valence-electron chi connectivity index (χ1n) is 6.95. The van der Waals surface area contributed by atoms with Gasteiger partial charge in [0, 0.05) is 15.4 Å². The molecule has 0 aliphatic rings. The van der Waals surface area contributed by atoms with Crippen molar-refractivity contribution in [1.29, 1.82) is 0 Å². The number of halogens is 1. The van der Waals surface area contributed by atoms with Crippen LogP contribution in [0.25, 0.3) is 9.88 Å². The zero-order valence-electron chi connectivity index (χ0n) is 12.3. The molecule has 0 unspecified atom stereocenters. The van der Waals surface area contributed by atoms with Gasteiger partial charge >= 0.3 is 0 Å². The molecule has 3 rings (SSSR count). The number of hydrogen-bond acceptors (Lipinski definition) is 5. The number of thiazole rings is 1. The standard InChI is InChI=1S/C16H12BrN3O2S2/c17-11-5-3-10(4-6-11)15(22)20-19-14(21)8-12-9-24-16(18-12)13-2-1-7-23-13/h1-7,9H,8H2,(H,19,21)(H,20,22). The minimum Gasteiger partial charge on any atom is -0.273 e. The van der Waals surface area contributed by atoms with Crippen LogP contribution in [0.3, 0.4) is 0 Å². The van der Waals surface area contributed by atoms with Crippen LogP contribution < -0.4 is 10.9 Å². The molecule has 24 heavy (non-hydrogen) atoms. The zero-order chi connectivity index (χ0) is 16.9. The fraction of sp³-hybridized carbons (Fsp3) is 0.0625. The number of benzene rings is 1. The highest BCUT2D eigenvalue weighted by atomic mass is 79.9. The van der Waals surface area contributed by atoms with E-state index >= 15 is 0 Å². The molecule has 8 heteroatoms. The van der Waals surface area contributed by atoms with Gasteiger partial charge in [0.15, 0.2) is 0 Å². The Bertz CT molecular complexity index is 845. The molecule has 0 atom stereocenters. The molecule has 5 nitrogen and oxygen atoms in total. The molecule has 122 valence electrons. The van der Waals surface area contributed by atoms with Crippen LogP contribution in [0.5, 0.6) is 0 Å². The van der Waals surface area contributed by atoms with Crippen LogP contribution in [0.2, 0.25) is 0 Å². The summed E-state index contributed by atoms with van der Waals surface area (Å²) < 4.78 is 0.883. The fourth-order valence-corrected chi connectivity index (χ4v) is 3.81. The summed E-state index contributed by atoms with van der Waals surface area (Å²) in [5.41, 5.74) is 5.95. The van der Waals surface area contributed by atoms with Gasteiger partial charge in [0.1, 0.15) is 5.01 Å². The lowest BCUT2D eigenvalue weighted by molar-refractivity contribution is -0.121. The monoisotopic (exact) mass is 421 g/mol. The van der Waals surface area contributed by atoms with Crippen molar-refractivity contribution in [2.45, 2.75) is 6.42 Å². The Morgan fingerprint density at radius 3 is 2.58 bits per heavy atom. The van der Waals surface area contributed by atoms with Gasteiger partial charge in [0.05, 0.1) is 17.0 Å². The van der Waals surface area contributed by atoms with E-state index in [1.807, 2.05) is 22.9 Å². The molecule has 0 spiro atoms. The van der Waals surface area contributed by atoms with E-state index in [4.69, 9.17) is 0 Å². The third-order valence-corrected chi connectivity index (χ3v) is 5.51. The molecule has 0 aliphatic carbocycles. The summed E-state index contributed by atoms with van der Waals surface area (Å²) in [7, 11) is 0. The molecular weight excluding hydrogens is 410 g/mol. The number of nitrogens with zero attached hydrogens (tertiary/aromatic N) is 1. The summed E-state index contributed by atoms with van der Waals surface area (Å²) >= 11 is 6.41. The lowest BCUT2D eigenvalue weighted by atomic mass is 10.2. The van der Waals surface area contributed by atoms with Crippen LogP contribution in [0, 0.1) is 0 Å². The molecule has 0 aliphatic heterocycles. The maximum Gasteiger partial charge on any atom is 0.269 e. The molecule has 2 aromatic heterocycles. The fourth-order valence-electron chi connectivity index (χ4n) is 1.91. The normalized spacial score (nSPS) is 10.4. The predicted octanol–water partition coefficient (Wildman–Crippen LogP) is 3.64. The lowest BCUT2D eigenvalue weighted by Crippen LogP contribution is -2.42. The number of hydrogen-bond donors (Lipinski definition) is 2. The van der Waals surface area contributed by atoms with E-state index in [-0.39, 0.29) is 18.2 Å². The highest BCUT2D eigenvalue weighted by Crippen LogP contribution is 2.27. The number of rotatable bonds is 4. The van der Waals surface area contributed by atoms with Gasteiger partial charge in [-0.15, -0.1) is 22.7 Å². The van der Waals surface area contributed by atoms with Crippen LogP contribution in [-0.4, -0.2) is 16.8 Å². The van der Waals surface area contributed by atoms with Crippen LogP contribution in [0.4, 0.5) is 0 Å². The Morgan fingerprint density at radius 2 is 1.88 bits per heavy atom. The Hall–Kier alpha value is -2.03. The van der Waals surface area contributed by atoms with Crippen molar-refractivity contribution < 1.29 is 9.59 Å². The summed E-state index contributed by atoms with van der Waals surface area (Å²) in [6.45, 7) is 0. The van der Waals surface area contributed by atoms with Gasteiger partial charge in [-0.2, -0.15) is 0 Å². The predicted molar refractivity (Wildman–Crippen MR) is 98.9 cm³/mol. The van der Waals surface area contributed by atoms with Gasteiger partial charge in [0.2, 0.25) is 5.91 Å². The highest BCUT2D eigenvalue weighted by molar-refractivity contribution is 9.10. The zero-order valence-corrected chi connectivity index (χ0v) is 15.5. The van der Waals surface area contributed by atoms with Crippen LogP contribution in [0.15, 0.2) is 51.6 Å². The summed E-state index contributed by atoms with van der Waals surface area (Å²) in [5, 5.41) is 4.73. The van der Waals surface area contributed by atoms with Crippen molar-refractivity contribution in [2.24, 2.45) is 0 Å². The van der Waals surface area contributed by atoms with Crippen LogP contribution in [-0.2, 0) is 11.2 Å². The second kappa shape index (κ2) is 7.69. The highest BCUT2D eigenvalue weighted by Gasteiger charge is 2.11. The second-order valence-electron chi connectivity index (χ2n) is 4.81. The Kier molecular flexibility index (Phi) is 5.39. The summed E-state index contributed by atoms with van der Waals surface area (Å²) in [4.78, 5) is 29.4. The summed E-state index contributed by atoms with van der Waals surface area (Å²) in [5.74, 6) is -0.683. The van der Waals surface area contributed by atoms with E-state index in [2.05, 4.69) is 31.8 Å². The van der Waals surface area contributed by atoms with Crippen molar-refractivity contribution in [2.75, 3.05) is 0 Å². The number of hydrazine groups is 1. The number of thiophene rings is 1. The molecule has 0 saturated heterocycles. The average molecular weight is 422 g/mol. The molecule has 3 aromatic rings. The van der Waals surface area contributed by atoms with Crippen molar-refractivity contribution in [3.8, 4) is 9.88 Å². The maximum absolute atomic E-state index is 11.9. The van der Waals surface area contributed by atoms with Gasteiger partial charge in [-0.25, -0.2) is 4.98 Å². The SMILES string of the molecule is O=C(Cc1csc(-c2cccs2)n1)NNC(=O)c1ccc(Br)cc1. The van der Waals surface area contributed by atoms with E-state index in [9.17, 15) is 9.59 Å². The Morgan fingerprint density at radius 1 is 1.08 bits per heavy atom. The van der Waals surface area contributed by atoms with Crippen molar-refractivity contribution in [3.05, 3.63) is 62.9 Å². The first-order chi connectivity index (χ1) is 11.6. The van der Waals surface area contributed by atoms with Gasteiger partial charge in [-0.05, 0) is 35.7 Å². The number of nitrogens with one attached hydrogen (secondary N) is 2. The van der Waals surface area contributed by atoms with E-state index in [0.29, 0.717) is 11.3 Å². The number of aromatic nitrogens is 1. The summed E-state index contributed by atoms with van der Waals surface area (Å²) in [6.07, 6.45) is 0.114. The molecule has 2 N–H and O–H groups in total. The van der Waals surface area contributed by atoms with Crippen molar-refractivity contribution in [1.82, 2.24) is 15.8 Å². The van der Waals surface area contributed by atoms with Gasteiger partial charge < -0.3 is 0 Å². The molecule has 2 amide bonds. The molecule has 0 saturated carbocycles. The minimum absolute atomic E-state index is 0.114. The maximum atomic E-state index is 11.9. The molecule has 0 radical (unpaired) electrons. The largest absolute Gasteiger partial charge is 0.273 e. The van der Waals surface area contributed by atoms with Gasteiger partial charge in [-0.3, -0.25) is 20.4 Å². The van der Waals surface area contributed by atoms with Crippen molar-refractivity contribution >= 4 is 50.4 Å². The first-order valence-corrected chi connectivity index (χ1v) is 9.50. The molecular formula is C16H12BrN3O2S2. The van der Waals surface area contributed by atoms with E-state index in [1.165, 1.54) is 11.3 Å². The average Bonchev–Trinajstić information content (AvgIpc) is 3.24. The van der Waals surface area contributed by atoms with Gasteiger partial charge in [0.25, 0.3) is 5.91 Å².